The second-order valence-corrected chi connectivity index (χ2v) is 6.82. The van der Waals surface area contributed by atoms with Gasteiger partial charge in [0.05, 0.1) is 13.2 Å². The largest absolute Gasteiger partial charge is 0.381 e. The first-order valence-corrected chi connectivity index (χ1v) is 8.73. The van der Waals surface area contributed by atoms with E-state index in [9.17, 15) is 9.18 Å². The minimum atomic E-state index is -0.670. The summed E-state index contributed by atoms with van der Waals surface area (Å²) >= 11 is 0. The van der Waals surface area contributed by atoms with E-state index < -0.39 is 5.91 Å². The Kier molecular flexibility index (Phi) is 5.81. The van der Waals surface area contributed by atoms with Crippen LogP contribution in [0.15, 0.2) is 12.1 Å². The molecule has 2 aliphatic rings. The fourth-order valence-corrected chi connectivity index (χ4v) is 3.46. The zero-order valence-corrected chi connectivity index (χ0v) is 13.9. The predicted molar refractivity (Wildman–Crippen MR) is 87.4 cm³/mol. The number of ether oxygens (including phenoxy) is 1. The van der Waals surface area contributed by atoms with Crippen LogP contribution in [0.5, 0.6) is 0 Å². The second kappa shape index (κ2) is 8.05. The summed E-state index contributed by atoms with van der Waals surface area (Å²) in [5.41, 5.74) is 3.28. The van der Waals surface area contributed by atoms with E-state index in [1.807, 2.05) is 0 Å². The van der Waals surface area contributed by atoms with Crippen LogP contribution in [0, 0.1) is 11.7 Å². The number of halogens is 1. The molecule has 1 fully saturated rings. The highest BCUT2D eigenvalue weighted by molar-refractivity contribution is 5.93. The lowest BCUT2D eigenvalue weighted by atomic mass is 9.96. The average Bonchev–Trinajstić information content (AvgIpc) is 2.55. The lowest BCUT2D eigenvalue weighted by molar-refractivity contribution is -0.0365. The lowest BCUT2D eigenvalue weighted by Gasteiger charge is -2.29. The standard InChI is InChI=1S/C18H25FN2O3/c19-17-9-15(18(22)20-23)8-14-5-7-21(10-16(14)17)6-3-1-2-4-13-11-24-12-13/h8-9,13,23H,1-7,10-12H2,(H,20,22). The molecule has 6 heteroatoms. The van der Waals surface area contributed by atoms with E-state index in [-0.39, 0.29) is 11.4 Å². The van der Waals surface area contributed by atoms with Gasteiger partial charge in [-0.3, -0.25) is 14.9 Å². The fourth-order valence-electron chi connectivity index (χ4n) is 3.46. The number of rotatable bonds is 7. The number of unbranched alkanes of at least 4 members (excludes halogenated alkanes) is 2. The first kappa shape index (κ1) is 17.3. The van der Waals surface area contributed by atoms with E-state index in [0.717, 1.165) is 50.6 Å². The Labute approximate surface area is 141 Å². The number of amides is 1. The maximum absolute atomic E-state index is 14.3. The number of benzene rings is 1. The average molecular weight is 336 g/mol. The molecule has 0 radical (unpaired) electrons. The summed E-state index contributed by atoms with van der Waals surface area (Å²) < 4.78 is 19.5. The Bertz CT molecular complexity index is 590. The highest BCUT2D eigenvalue weighted by atomic mass is 19.1. The number of carbonyl (C=O) groups is 1. The third-order valence-corrected chi connectivity index (χ3v) is 5.02. The van der Waals surface area contributed by atoms with Crippen LogP contribution < -0.4 is 5.48 Å². The van der Waals surface area contributed by atoms with E-state index >= 15 is 0 Å². The van der Waals surface area contributed by atoms with Crippen molar-refractivity contribution in [1.29, 1.82) is 0 Å². The molecule has 0 atom stereocenters. The number of hydrogen-bond acceptors (Lipinski definition) is 4. The molecule has 1 aromatic carbocycles. The molecule has 0 bridgehead atoms. The number of nitrogens with zero attached hydrogens (tertiary/aromatic N) is 1. The van der Waals surface area contributed by atoms with Gasteiger partial charge >= 0.3 is 0 Å². The number of hydroxylamine groups is 1. The number of carbonyl (C=O) groups excluding carboxylic acids is 1. The van der Waals surface area contributed by atoms with Gasteiger partial charge in [0.25, 0.3) is 5.91 Å². The molecule has 2 heterocycles. The zero-order chi connectivity index (χ0) is 16.9. The van der Waals surface area contributed by atoms with Gasteiger partial charge in [-0.15, -0.1) is 0 Å². The molecule has 3 rings (SSSR count). The molecule has 1 aromatic rings. The molecule has 24 heavy (non-hydrogen) atoms. The third-order valence-electron chi connectivity index (χ3n) is 5.02. The van der Waals surface area contributed by atoms with Crippen LogP contribution in [0.4, 0.5) is 4.39 Å². The van der Waals surface area contributed by atoms with Crippen LogP contribution in [0.25, 0.3) is 0 Å². The van der Waals surface area contributed by atoms with Crippen LogP contribution in [-0.2, 0) is 17.7 Å². The molecular weight excluding hydrogens is 311 g/mol. The summed E-state index contributed by atoms with van der Waals surface area (Å²) in [6, 6.07) is 2.89. The Morgan fingerprint density at radius 3 is 2.88 bits per heavy atom. The van der Waals surface area contributed by atoms with Gasteiger partial charge in [0.1, 0.15) is 5.82 Å². The van der Waals surface area contributed by atoms with Crippen LogP contribution in [0.3, 0.4) is 0 Å². The molecule has 1 saturated heterocycles. The normalized spacial score (nSPS) is 18.1. The summed E-state index contributed by atoms with van der Waals surface area (Å²) in [4.78, 5) is 13.7. The molecule has 0 aromatic heterocycles. The number of nitrogens with one attached hydrogen (secondary N) is 1. The molecule has 0 aliphatic carbocycles. The lowest BCUT2D eigenvalue weighted by Crippen LogP contribution is -2.32. The predicted octanol–water partition coefficient (Wildman–Crippen LogP) is 2.51. The molecule has 2 aliphatic heterocycles. The van der Waals surface area contributed by atoms with Gasteiger partial charge in [-0.2, -0.15) is 0 Å². The molecule has 2 N–H and O–H groups in total. The quantitative estimate of drug-likeness (QED) is 0.456. The van der Waals surface area contributed by atoms with Gasteiger partial charge in [0, 0.05) is 30.1 Å². The number of fused-ring (bicyclic) bond motifs is 1. The van der Waals surface area contributed by atoms with Crippen molar-refractivity contribution in [2.24, 2.45) is 5.92 Å². The van der Waals surface area contributed by atoms with E-state index in [1.54, 1.807) is 11.5 Å². The molecular formula is C18H25FN2O3. The van der Waals surface area contributed by atoms with Crippen molar-refractivity contribution in [1.82, 2.24) is 10.4 Å². The SMILES string of the molecule is O=C(NO)c1cc(F)c2c(c1)CCN(CCCCCC1COC1)C2. The zero-order valence-electron chi connectivity index (χ0n) is 13.9. The van der Waals surface area contributed by atoms with Crippen molar-refractivity contribution < 1.29 is 19.1 Å². The van der Waals surface area contributed by atoms with Gasteiger partial charge in [0.15, 0.2) is 0 Å². The minimum absolute atomic E-state index is 0.169. The summed E-state index contributed by atoms with van der Waals surface area (Å²) in [7, 11) is 0. The molecule has 1 amide bonds. The summed E-state index contributed by atoms with van der Waals surface area (Å²) in [5.74, 6) is -0.261. The van der Waals surface area contributed by atoms with Crippen LogP contribution >= 0.6 is 0 Å². The third kappa shape index (κ3) is 4.12. The van der Waals surface area contributed by atoms with E-state index in [0.29, 0.717) is 12.1 Å². The van der Waals surface area contributed by atoms with E-state index in [1.165, 1.54) is 25.3 Å². The van der Waals surface area contributed by atoms with Crippen molar-refractivity contribution >= 4 is 5.91 Å². The van der Waals surface area contributed by atoms with Crippen LogP contribution in [-0.4, -0.2) is 42.3 Å². The smallest absolute Gasteiger partial charge is 0.274 e. The van der Waals surface area contributed by atoms with Gasteiger partial charge in [0.2, 0.25) is 0 Å². The highest BCUT2D eigenvalue weighted by Crippen LogP contribution is 2.24. The van der Waals surface area contributed by atoms with Crippen molar-refractivity contribution in [3.05, 3.63) is 34.6 Å². The second-order valence-electron chi connectivity index (χ2n) is 6.82. The van der Waals surface area contributed by atoms with Crippen molar-refractivity contribution in [3.8, 4) is 0 Å². The summed E-state index contributed by atoms with van der Waals surface area (Å²) in [5, 5.41) is 8.68. The highest BCUT2D eigenvalue weighted by Gasteiger charge is 2.22. The maximum Gasteiger partial charge on any atom is 0.274 e. The first-order valence-electron chi connectivity index (χ1n) is 8.73. The van der Waals surface area contributed by atoms with Gasteiger partial charge in [-0.25, -0.2) is 9.87 Å². The molecule has 0 spiro atoms. The van der Waals surface area contributed by atoms with E-state index in [2.05, 4.69) is 4.90 Å². The minimum Gasteiger partial charge on any atom is -0.381 e. The van der Waals surface area contributed by atoms with E-state index in [4.69, 9.17) is 9.94 Å². The Balaban J connectivity index is 1.48. The van der Waals surface area contributed by atoms with Gasteiger partial charge < -0.3 is 4.74 Å². The topological polar surface area (TPSA) is 61.8 Å². The van der Waals surface area contributed by atoms with Crippen molar-refractivity contribution in [2.45, 2.75) is 38.6 Å². The Morgan fingerprint density at radius 1 is 1.33 bits per heavy atom. The van der Waals surface area contributed by atoms with Crippen LogP contribution in [0.2, 0.25) is 0 Å². The summed E-state index contributed by atoms with van der Waals surface area (Å²) in [6.45, 7) is 4.32. The number of hydrogen-bond donors (Lipinski definition) is 2. The maximum atomic E-state index is 14.3. The van der Waals surface area contributed by atoms with Crippen molar-refractivity contribution in [2.75, 3.05) is 26.3 Å². The monoisotopic (exact) mass is 336 g/mol. The van der Waals surface area contributed by atoms with Gasteiger partial charge in [-0.1, -0.05) is 12.8 Å². The first-order chi connectivity index (χ1) is 11.7. The molecule has 0 unspecified atom stereocenters. The Morgan fingerprint density at radius 2 is 2.17 bits per heavy atom. The van der Waals surface area contributed by atoms with Crippen molar-refractivity contribution in [3.63, 3.8) is 0 Å². The van der Waals surface area contributed by atoms with Gasteiger partial charge in [-0.05, 0) is 43.5 Å². The molecule has 0 saturated carbocycles. The fraction of sp³-hybridized carbons (Fsp3) is 0.611. The van der Waals surface area contributed by atoms with Crippen LogP contribution in [0.1, 0.15) is 47.2 Å². The Hall–Kier alpha value is -1.50. The summed E-state index contributed by atoms with van der Waals surface area (Å²) in [6.07, 6.45) is 5.57. The molecule has 5 nitrogen and oxygen atoms in total. The molecule has 132 valence electrons.